The van der Waals surface area contributed by atoms with Gasteiger partial charge in [0.15, 0.2) is 0 Å². The number of hydrogen-bond acceptors (Lipinski definition) is 3. The summed E-state index contributed by atoms with van der Waals surface area (Å²) < 4.78 is 0. The molecular formula is C13H16N2O2S. The first-order chi connectivity index (χ1) is 8.66. The first kappa shape index (κ1) is 13.0. The summed E-state index contributed by atoms with van der Waals surface area (Å²) in [5.74, 6) is 1.04. The van der Waals surface area contributed by atoms with Gasteiger partial charge < -0.3 is 10.2 Å². The normalized spacial score (nSPS) is 16.7. The molecule has 0 aromatic heterocycles. The summed E-state index contributed by atoms with van der Waals surface area (Å²) in [5, 5.41) is 2.90. The second kappa shape index (κ2) is 5.91. The second-order valence-electron chi connectivity index (χ2n) is 4.27. The highest BCUT2D eigenvalue weighted by Crippen LogP contribution is 2.15. The Morgan fingerprint density at radius 2 is 2.17 bits per heavy atom. The number of rotatable bonds is 4. The predicted molar refractivity (Wildman–Crippen MR) is 72.0 cm³/mol. The van der Waals surface area contributed by atoms with Crippen LogP contribution in [0.3, 0.4) is 0 Å². The minimum atomic E-state index is -0.109. The lowest BCUT2D eigenvalue weighted by Gasteiger charge is -2.18. The third-order valence-corrected chi connectivity index (χ3v) is 3.78. The van der Waals surface area contributed by atoms with Crippen molar-refractivity contribution in [2.45, 2.75) is 13.0 Å². The first-order valence-corrected chi connectivity index (χ1v) is 7.02. The van der Waals surface area contributed by atoms with E-state index in [1.165, 1.54) is 0 Å². The maximum absolute atomic E-state index is 11.8. The molecule has 0 radical (unpaired) electrons. The minimum absolute atomic E-state index is 0.0379. The Morgan fingerprint density at radius 1 is 1.44 bits per heavy atom. The molecule has 0 aliphatic carbocycles. The lowest BCUT2D eigenvalue weighted by molar-refractivity contribution is -0.132. The zero-order valence-electron chi connectivity index (χ0n) is 10.3. The van der Waals surface area contributed by atoms with E-state index in [9.17, 15) is 9.59 Å². The van der Waals surface area contributed by atoms with Crippen molar-refractivity contribution in [3.8, 4) is 0 Å². The summed E-state index contributed by atoms with van der Waals surface area (Å²) in [6.07, 6.45) is 0. The van der Waals surface area contributed by atoms with Crippen molar-refractivity contribution in [2.24, 2.45) is 0 Å². The molecule has 18 heavy (non-hydrogen) atoms. The highest BCUT2D eigenvalue weighted by atomic mass is 32.2. The van der Waals surface area contributed by atoms with Gasteiger partial charge in [-0.25, -0.2) is 0 Å². The van der Waals surface area contributed by atoms with Crippen molar-refractivity contribution < 1.29 is 9.59 Å². The van der Waals surface area contributed by atoms with Crippen LogP contribution < -0.4 is 5.32 Å². The van der Waals surface area contributed by atoms with E-state index in [0.717, 1.165) is 5.56 Å². The number of nitrogens with one attached hydrogen (secondary N) is 1. The Morgan fingerprint density at radius 3 is 2.78 bits per heavy atom. The highest BCUT2D eigenvalue weighted by Gasteiger charge is 2.23. The van der Waals surface area contributed by atoms with Gasteiger partial charge in [-0.1, -0.05) is 30.3 Å². The largest absolute Gasteiger partial charge is 0.348 e. The Hall–Kier alpha value is -1.49. The van der Waals surface area contributed by atoms with Gasteiger partial charge in [-0.15, -0.1) is 11.8 Å². The van der Waals surface area contributed by atoms with Crippen LogP contribution in [-0.2, 0) is 9.59 Å². The van der Waals surface area contributed by atoms with Crippen molar-refractivity contribution in [2.75, 3.05) is 18.2 Å². The number of nitrogens with zero attached hydrogens (tertiary/aromatic N) is 1. The average Bonchev–Trinajstić information content (AvgIpc) is 2.76. The van der Waals surface area contributed by atoms with Crippen molar-refractivity contribution >= 4 is 23.6 Å². The smallest absolute Gasteiger partial charge is 0.240 e. The molecule has 1 aliphatic rings. The lowest BCUT2D eigenvalue weighted by Crippen LogP contribution is -2.39. The van der Waals surface area contributed by atoms with Gasteiger partial charge in [-0.05, 0) is 12.5 Å². The first-order valence-electron chi connectivity index (χ1n) is 5.86. The molecule has 2 rings (SSSR count). The summed E-state index contributed by atoms with van der Waals surface area (Å²) >= 11 is 1.54. The fourth-order valence-corrected chi connectivity index (χ4v) is 2.73. The Balaban J connectivity index is 1.86. The monoisotopic (exact) mass is 264 g/mol. The SMILES string of the molecule is C[C@@H](NC(=O)CN1CSCC1=O)c1ccccc1. The molecule has 1 heterocycles. The summed E-state index contributed by atoms with van der Waals surface area (Å²) in [6.45, 7) is 2.09. The molecule has 1 N–H and O–H groups in total. The summed E-state index contributed by atoms with van der Waals surface area (Å²) in [5.41, 5.74) is 1.06. The molecular weight excluding hydrogens is 248 g/mol. The molecule has 1 atom stereocenters. The number of hydrogen-bond donors (Lipinski definition) is 1. The topological polar surface area (TPSA) is 49.4 Å². The molecule has 4 nitrogen and oxygen atoms in total. The van der Waals surface area contributed by atoms with Crippen molar-refractivity contribution in [3.05, 3.63) is 35.9 Å². The number of carbonyl (C=O) groups excluding carboxylic acids is 2. The van der Waals surface area contributed by atoms with Crippen LogP contribution in [0.15, 0.2) is 30.3 Å². The summed E-state index contributed by atoms with van der Waals surface area (Å²) in [6, 6.07) is 9.74. The van der Waals surface area contributed by atoms with E-state index in [2.05, 4.69) is 5.32 Å². The lowest BCUT2D eigenvalue weighted by atomic mass is 10.1. The molecule has 5 heteroatoms. The Bertz CT molecular complexity index is 436. The van der Waals surface area contributed by atoms with Crippen molar-refractivity contribution in [1.82, 2.24) is 10.2 Å². The van der Waals surface area contributed by atoms with Gasteiger partial charge in [0.1, 0.15) is 6.54 Å². The molecule has 1 aliphatic heterocycles. The van der Waals surface area contributed by atoms with E-state index in [4.69, 9.17) is 0 Å². The third kappa shape index (κ3) is 3.26. The molecule has 0 spiro atoms. The fourth-order valence-electron chi connectivity index (χ4n) is 1.83. The van der Waals surface area contributed by atoms with Crippen LogP contribution in [0.4, 0.5) is 0 Å². The van der Waals surface area contributed by atoms with Crippen LogP contribution in [0.25, 0.3) is 0 Å². The zero-order chi connectivity index (χ0) is 13.0. The van der Waals surface area contributed by atoms with Crippen LogP contribution in [0, 0.1) is 0 Å². The Kier molecular flexibility index (Phi) is 4.25. The standard InChI is InChI=1S/C13H16N2O2S/c1-10(11-5-3-2-4-6-11)14-12(16)7-15-9-18-8-13(15)17/h2-6,10H,7-9H2,1H3,(H,14,16)/t10-/m1/s1. The average molecular weight is 264 g/mol. The molecule has 0 saturated carbocycles. The van der Waals surface area contributed by atoms with E-state index in [1.807, 2.05) is 37.3 Å². The second-order valence-corrected chi connectivity index (χ2v) is 5.22. The predicted octanol–water partition coefficient (Wildman–Crippen LogP) is 1.40. The van der Waals surface area contributed by atoms with Crippen molar-refractivity contribution in [3.63, 3.8) is 0 Å². The molecule has 0 bridgehead atoms. The van der Waals surface area contributed by atoms with Crippen LogP contribution in [0.2, 0.25) is 0 Å². The maximum atomic E-state index is 11.8. The number of carbonyl (C=O) groups is 2. The van der Waals surface area contributed by atoms with Crippen molar-refractivity contribution in [1.29, 1.82) is 0 Å². The van der Waals surface area contributed by atoms with E-state index < -0.39 is 0 Å². The number of thioether (sulfide) groups is 1. The van der Waals surface area contributed by atoms with Crippen LogP contribution >= 0.6 is 11.8 Å². The van der Waals surface area contributed by atoms with Crippen LogP contribution in [0.5, 0.6) is 0 Å². The van der Waals surface area contributed by atoms with E-state index in [0.29, 0.717) is 11.6 Å². The molecule has 96 valence electrons. The van der Waals surface area contributed by atoms with Gasteiger partial charge in [-0.2, -0.15) is 0 Å². The maximum Gasteiger partial charge on any atom is 0.240 e. The minimum Gasteiger partial charge on any atom is -0.348 e. The molecule has 1 saturated heterocycles. The zero-order valence-corrected chi connectivity index (χ0v) is 11.1. The summed E-state index contributed by atoms with van der Waals surface area (Å²) in [4.78, 5) is 24.8. The molecule has 1 fully saturated rings. The molecule has 1 aromatic carbocycles. The Labute approximate surface area is 111 Å². The van der Waals surface area contributed by atoms with E-state index in [-0.39, 0.29) is 24.4 Å². The van der Waals surface area contributed by atoms with Gasteiger partial charge in [0.25, 0.3) is 0 Å². The molecule has 0 unspecified atom stereocenters. The molecule has 1 aromatic rings. The third-order valence-electron chi connectivity index (χ3n) is 2.84. The van der Waals surface area contributed by atoms with Gasteiger partial charge in [0.2, 0.25) is 11.8 Å². The van der Waals surface area contributed by atoms with Crippen LogP contribution in [0.1, 0.15) is 18.5 Å². The van der Waals surface area contributed by atoms with Gasteiger partial charge >= 0.3 is 0 Å². The quantitative estimate of drug-likeness (QED) is 0.894. The highest BCUT2D eigenvalue weighted by molar-refractivity contribution is 8.00. The van der Waals surface area contributed by atoms with E-state index in [1.54, 1.807) is 16.7 Å². The number of benzene rings is 1. The van der Waals surface area contributed by atoms with E-state index >= 15 is 0 Å². The molecule has 2 amide bonds. The van der Waals surface area contributed by atoms with Gasteiger partial charge in [0, 0.05) is 0 Å². The van der Waals surface area contributed by atoms with Gasteiger partial charge in [0.05, 0.1) is 17.7 Å². The fraction of sp³-hybridized carbons (Fsp3) is 0.385. The van der Waals surface area contributed by atoms with Gasteiger partial charge in [-0.3, -0.25) is 9.59 Å². The summed E-state index contributed by atoms with van der Waals surface area (Å²) in [7, 11) is 0. The number of amides is 2. The van der Waals surface area contributed by atoms with Crippen LogP contribution in [-0.4, -0.2) is 34.9 Å².